The van der Waals surface area contributed by atoms with Crippen molar-refractivity contribution in [3.63, 3.8) is 0 Å². The number of hydrogen-bond acceptors (Lipinski definition) is 4. The van der Waals surface area contributed by atoms with Gasteiger partial charge in [-0.3, -0.25) is 0 Å². The van der Waals surface area contributed by atoms with Crippen molar-refractivity contribution < 1.29 is 9.52 Å². The first-order valence-electron chi connectivity index (χ1n) is 6.74. The van der Waals surface area contributed by atoms with Crippen LogP contribution in [0.15, 0.2) is 9.41 Å². The van der Waals surface area contributed by atoms with E-state index >= 15 is 0 Å². The molecule has 1 aliphatic rings. The molecule has 20 heavy (non-hydrogen) atoms. The number of aliphatic imine (C=N–C) groups is 1. The molecule has 1 fully saturated rings. The Labute approximate surface area is 136 Å². The van der Waals surface area contributed by atoms with E-state index in [2.05, 4.69) is 20.2 Å². The van der Waals surface area contributed by atoms with Gasteiger partial charge in [0.1, 0.15) is 12.3 Å². The minimum Gasteiger partial charge on any atom is -0.444 e. The molecule has 1 aromatic rings. The van der Waals surface area contributed by atoms with E-state index in [0.29, 0.717) is 19.0 Å². The lowest BCUT2D eigenvalue weighted by molar-refractivity contribution is 0.187. The van der Waals surface area contributed by atoms with Gasteiger partial charge in [-0.05, 0) is 27.2 Å². The molecule has 6 nitrogen and oxygen atoms in total. The topological polar surface area (TPSA) is 73.9 Å². The molecule has 2 heterocycles. The fourth-order valence-corrected chi connectivity index (χ4v) is 2.11. The Morgan fingerprint density at radius 2 is 2.30 bits per heavy atom. The van der Waals surface area contributed by atoms with Crippen LogP contribution in [0.3, 0.4) is 0 Å². The highest BCUT2D eigenvalue weighted by Crippen LogP contribution is 2.11. The largest absolute Gasteiger partial charge is 0.444 e. The molecular formula is C13H23IN4O2. The third-order valence-electron chi connectivity index (χ3n) is 3.23. The highest BCUT2D eigenvalue weighted by molar-refractivity contribution is 14.0. The van der Waals surface area contributed by atoms with Gasteiger partial charge in [0.25, 0.3) is 0 Å². The van der Waals surface area contributed by atoms with Gasteiger partial charge in [0.2, 0.25) is 5.89 Å². The van der Waals surface area contributed by atoms with Crippen LogP contribution in [0.5, 0.6) is 0 Å². The van der Waals surface area contributed by atoms with E-state index in [9.17, 15) is 5.11 Å². The van der Waals surface area contributed by atoms with E-state index in [1.807, 2.05) is 20.8 Å². The summed E-state index contributed by atoms with van der Waals surface area (Å²) in [7, 11) is 0. The number of aryl methyl sites for hydroxylation is 2. The van der Waals surface area contributed by atoms with Gasteiger partial charge in [-0.2, -0.15) is 0 Å². The second kappa shape index (κ2) is 7.82. The minimum atomic E-state index is -0.255. The number of halogens is 1. The van der Waals surface area contributed by atoms with Crippen LogP contribution in [-0.2, 0) is 6.54 Å². The third-order valence-corrected chi connectivity index (χ3v) is 3.23. The zero-order chi connectivity index (χ0) is 13.8. The SMILES string of the molecule is CCNC(=NCc1nc(C)c(C)o1)N1CC[C@@H](O)C1.I. The number of hydrogen-bond donors (Lipinski definition) is 2. The highest BCUT2D eigenvalue weighted by atomic mass is 127. The van der Waals surface area contributed by atoms with Crippen LogP contribution in [-0.4, -0.2) is 46.7 Å². The number of likely N-dealkylation sites (tertiary alicyclic amines) is 1. The molecule has 0 radical (unpaired) electrons. The van der Waals surface area contributed by atoms with E-state index in [1.54, 1.807) is 0 Å². The summed E-state index contributed by atoms with van der Waals surface area (Å²) in [4.78, 5) is 10.9. The zero-order valence-corrected chi connectivity index (χ0v) is 14.5. The summed E-state index contributed by atoms with van der Waals surface area (Å²) < 4.78 is 5.51. The van der Waals surface area contributed by atoms with Gasteiger partial charge in [-0.1, -0.05) is 0 Å². The van der Waals surface area contributed by atoms with Crippen molar-refractivity contribution >= 4 is 29.9 Å². The van der Waals surface area contributed by atoms with Crippen molar-refractivity contribution in [1.82, 2.24) is 15.2 Å². The van der Waals surface area contributed by atoms with Gasteiger partial charge in [0.05, 0.1) is 11.8 Å². The predicted octanol–water partition coefficient (Wildman–Crippen LogP) is 1.44. The smallest absolute Gasteiger partial charge is 0.216 e. The van der Waals surface area contributed by atoms with Gasteiger partial charge < -0.3 is 19.7 Å². The average Bonchev–Trinajstić information content (AvgIpc) is 2.92. The van der Waals surface area contributed by atoms with E-state index < -0.39 is 0 Å². The summed E-state index contributed by atoms with van der Waals surface area (Å²) in [5.41, 5.74) is 0.909. The molecule has 1 saturated heterocycles. The molecule has 114 valence electrons. The number of rotatable bonds is 3. The second-order valence-corrected chi connectivity index (χ2v) is 4.81. The summed E-state index contributed by atoms with van der Waals surface area (Å²) in [5, 5.41) is 12.8. The maximum absolute atomic E-state index is 9.59. The number of aliphatic hydroxyl groups excluding tert-OH is 1. The molecule has 0 bridgehead atoms. The molecule has 0 aromatic carbocycles. The summed E-state index contributed by atoms with van der Waals surface area (Å²) in [6, 6.07) is 0. The normalized spacial score (nSPS) is 19.1. The molecule has 0 spiro atoms. The average molecular weight is 394 g/mol. The zero-order valence-electron chi connectivity index (χ0n) is 12.2. The van der Waals surface area contributed by atoms with Crippen molar-refractivity contribution in [3.05, 3.63) is 17.3 Å². The summed E-state index contributed by atoms with van der Waals surface area (Å²) in [6.07, 6.45) is 0.539. The molecular weight excluding hydrogens is 371 g/mol. The first-order chi connectivity index (χ1) is 9.10. The van der Waals surface area contributed by atoms with Crippen molar-refractivity contribution in [2.75, 3.05) is 19.6 Å². The Hall–Kier alpha value is -0.830. The molecule has 2 N–H and O–H groups in total. The third kappa shape index (κ3) is 4.34. The number of aliphatic hydroxyl groups is 1. The van der Waals surface area contributed by atoms with E-state index in [0.717, 1.165) is 36.9 Å². The second-order valence-electron chi connectivity index (χ2n) is 4.81. The lowest BCUT2D eigenvalue weighted by atomic mass is 10.3. The summed E-state index contributed by atoms with van der Waals surface area (Å²) in [5.74, 6) is 2.28. The maximum atomic E-state index is 9.59. The van der Waals surface area contributed by atoms with Crippen LogP contribution in [0.25, 0.3) is 0 Å². The fourth-order valence-electron chi connectivity index (χ4n) is 2.11. The number of nitrogens with zero attached hydrogens (tertiary/aromatic N) is 3. The molecule has 0 amide bonds. The van der Waals surface area contributed by atoms with E-state index in [4.69, 9.17) is 4.42 Å². The maximum Gasteiger partial charge on any atom is 0.216 e. The first-order valence-corrected chi connectivity index (χ1v) is 6.74. The van der Waals surface area contributed by atoms with Crippen molar-refractivity contribution in [3.8, 4) is 0 Å². The number of β-amino-alcohol motifs (C(OH)–C–C–N with tert-alkyl or cyclic N) is 1. The quantitative estimate of drug-likeness (QED) is 0.461. The molecule has 0 aliphatic carbocycles. The highest BCUT2D eigenvalue weighted by Gasteiger charge is 2.22. The Bertz CT molecular complexity index is 442. The van der Waals surface area contributed by atoms with E-state index in [1.165, 1.54) is 0 Å². The van der Waals surface area contributed by atoms with E-state index in [-0.39, 0.29) is 30.1 Å². The Balaban J connectivity index is 0.00000200. The Morgan fingerprint density at radius 3 is 2.80 bits per heavy atom. The van der Waals surface area contributed by atoms with Crippen molar-refractivity contribution in [2.45, 2.75) is 39.8 Å². The van der Waals surface area contributed by atoms with Gasteiger partial charge in [-0.15, -0.1) is 24.0 Å². The van der Waals surface area contributed by atoms with Crippen molar-refractivity contribution in [1.29, 1.82) is 0 Å². The van der Waals surface area contributed by atoms with Gasteiger partial charge in [0.15, 0.2) is 5.96 Å². The number of nitrogens with one attached hydrogen (secondary N) is 1. The number of guanidine groups is 1. The lowest BCUT2D eigenvalue weighted by Gasteiger charge is -2.20. The molecule has 0 unspecified atom stereocenters. The number of oxazole rings is 1. The Kier molecular flexibility index (Phi) is 6.74. The minimum absolute atomic E-state index is 0. The summed E-state index contributed by atoms with van der Waals surface area (Å²) in [6.45, 7) is 8.54. The molecule has 7 heteroatoms. The van der Waals surface area contributed by atoms with Crippen LogP contribution >= 0.6 is 24.0 Å². The van der Waals surface area contributed by atoms with Crippen LogP contribution < -0.4 is 5.32 Å². The molecule has 0 saturated carbocycles. The fraction of sp³-hybridized carbons (Fsp3) is 0.692. The first kappa shape index (κ1) is 17.2. The Morgan fingerprint density at radius 1 is 1.55 bits per heavy atom. The lowest BCUT2D eigenvalue weighted by Crippen LogP contribution is -2.40. The van der Waals surface area contributed by atoms with Gasteiger partial charge in [-0.25, -0.2) is 9.98 Å². The van der Waals surface area contributed by atoms with Gasteiger partial charge >= 0.3 is 0 Å². The van der Waals surface area contributed by atoms with Crippen LogP contribution in [0.1, 0.15) is 30.7 Å². The van der Waals surface area contributed by atoms with Crippen molar-refractivity contribution in [2.24, 2.45) is 4.99 Å². The molecule has 1 aliphatic heterocycles. The van der Waals surface area contributed by atoms with Crippen LogP contribution in [0.2, 0.25) is 0 Å². The van der Waals surface area contributed by atoms with Gasteiger partial charge in [0, 0.05) is 19.6 Å². The van der Waals surface area contributed by atoms with Crippen LogP contribution in [0.4, 0.5) is 0 Å². The molecule has 1 atom stereocenters. The van der Waals surface area contributed by atoms with Crippen LogP contribution in [0, 0.1) is 13.8 Å². The standard InChI is InChI=1S/C13H22N4O2.HI/c1-4-14-13(17-6-5-11(18)8-17)15-7-12-16-9(2)10(3)19-12;/h11,18H,4-8H2,1-3H3,(H,14,15);1H/t11-;/m1./s1. The molecule has 1 aromatic heterocycles. The summed E-state index contributed by atoms with van der Waals surface area (Å²) >= 11 is 0. The monoisotopic (exact) mass is 394 g/mol. The predicted molar refractivity (Wildman–Crippen MR) is 88.4 cm³/mol. The number of aromatic nitrogens is 1. The molecule has 2 rings (SSSR count).